The number of pyridine rings is 1. The molecule has 0 saturated heterocycles. The smallest absolute Gasteiger partial charge is 0.336 e. The second-order valence-corrected chi connectivity index (χ2v) is 8.07. The van der Waals surface area contributed by atoms with Crippen LogP contribution in [0.5, 0.6) is 0 Å². The number of anilines is 1. The number of benzene rings is 2. The molecular weight excluding hydrogens is 456 g/mol. The van der Waals surface area contributed by atoms with E-state index in [4.69, 9.17) is 0 Å². The van der Waals surface area contributed by atoms with Gasteiger partial charge in [-0.15, -0.1) is 0 Å². The number of rotatable bonds is 7. The van der Waals surface area contributed by atoms with Crippen LogP contribution in [0.2, 0.25) is 0 Å². The summed E-state index contributed by atoms with van der Waals surface area (Å²) in [5.41, 5.74) is 3.98. The molecule has 0 spiro atoms. The van der Waals surface area contributed by atoms with Gasteiger partial charge in [0.05, 0.1) is 17.8 Å². The number of carbonyl (C=O) groups is 1. The number of hydrogen-bond donors (Lipinski definition) is 1. The monoisotopic (exact) mass is 476 g/mol. The lowest BCUT2D eigenvalue weighted by Gasteiger charge is -2.19. The lowest BCUT2D eigenvalue weighted by Crippen LogP contribution is -2.17. The first-order chi connectivity index (χ1) is 15.0. The van der Waals surface area contributed by atoms with Gasteiger partial charge in [0.2, 0.25) is 0 Å². The van der Waals surface area contributed by atoms with Crippen LogP contribution in [0.25, 0.3) is 11.3 Å². The lowest BCUT2D eigenvalue weighted by atomic mass is 10.1. The molecule has 0 aliphatic carbocycles. The molecule has 0 unspecified atom stereocenters. The van der Waals surface area contributed by atoms with E-state index < -0.39 is 5.97 Å². The zero-order valence-electron chi connectivity index (χ0n) is 16.9. The van der Waals surface area contributed by atoms with E-state index >= 15 is 0 Å². The van der Waals surface area contributed by atoms with Gasteiger partial charge < -0.3 is 10.0 Å². The summed E-state index contributed by atoms with van der Waals surface area (Å²) < 4.78 is 2.76. The summed E-state index contributed by atoms with van der Waals surface area (Å²) in [7, 11) is 2.01. The Morgan fingerprint density at radius 2 is 1.87 bits per heavy atom. The molecule has 0 fully saturated rings. The maximum Gasteiger partial charge on any atom is 0.336 e. The fraction of sp³-hybridized carbons (Fsp3) is 0.125. The van der Waals surface area contributed by atoms with Gasteiger partial charge in [-0.25, -0.2) is 9.78 Å². The van der Waals surface area contributed by atoms with E-state index in [9.17, 15) is 9.90 Å². The molecule has 0 radical (unpaired) electrons. The quantitative estimate of drug-likeness (QED) is 0.402. The second-order valence-electron chi connectivity index (χ2n) is 7.21. The van der Waals surface area contributed by atoms with Crippen LogP contribution < -0.4 is 4.90 Å². The van der Waals surface area contributed by atoms with Crippen molar-refractivity contribution < 1.29 is 9.90 Å². The van der Waals surface area contributed by atoms with Gasteiger partial charge in [-0.2, -0.15) is 5.10 Å². The van der Waals surface area contributed by atoms with Crippen LogP contribution in [0, 0.1) is 0 Å². The Morgan fingerprint density at radius 1 is 1.06 bits per heavy atom. The zero-order valence-corrected chi connectivity index (χ0v) is 18.5. The van der Waals surface area contributed by atoms with E-state index in [0.717, 1.165) is 39.2 Å². The van der Waals surface area contributed by atoms with Gasteiger partial charge >= 0.3 is 5.97 Å². The number of nitrogens with zero attached hydrogens (tertiary/aromatic N) is 4. The minimum Gasteiger partial charge on any atom is -0.478 e. The normalized spacial score (nSPS) is 10.8. The molecule has 2 heterocycles. The van der Waals surface area contributed by atoms with Crippen molar-refractivity contribution in [3.8, 4) is 11.3 Å². The SMILES string of the molecule is CN(Cc1ccc(-c2ccn(Cc3ccccc3C(=O)O)n2)cc1Br)c1ccccn1. The summed E-state index contributed by atoms with van der Waals surface area (Å²) in [6.07, 6.45) is 3.65. The van der Waals surface area contributed by atoms with Crippen LogP contribution in [0.1, 0.15) is 21.5 Å². The standard InChI is InChI=1S/C24H21BrN4O2/c1-28(23-8-4-5-12-26-23)15-19-10-9-17(14-21(19)25)22-11-13-29(27-22)16-18-6-2-3-7-20(18)24(30)31/h2-14H,15-16H2,1H3,(H,30,31). The summed E-state index contributed by atoms with van der Waals surface area (Å²) >= 11 is 3.68. The Bertz CT molecular complexity index is 1210. The van der Waals surface area contributed by atoms with E-state index in [-0.39, 0.29) is 0 Å². The van der Waals surface area contributed by atoms with E-state index in [1.54, 1.807) is 23.0 Å². The minimum atomic E-state index is -0.932. The fourth-order valence-corrected chi connectivity index (χ4v) is 3.90. The van der Waals surface area contributed by atoms with Crippen LogP contribution in [-0.4, -0.2) is 32.9 Å². The molecule has 6 nitrogen and oxygen atoms in total. The summed E-state index contributed by atoms with van der Waals surface area (Å²) in [6.45, 7) is 1.12. The van der Waals surface area contributed by atoms with Crippen molar-refractivity contribution in [3.05, 3.63) is 100 Å². The molecule has 1 N–H and O–H groups in total. The van der Waals surface area contributed by atoms with Gasteiger partial charge in [-0.1, -0.05) is 52.3 Å². The highest BCUT2D eigenvalue weighted by Gasteiger charge is 2.12. The van der Waals surface area contributed by atoms with Crippen molar-refractivity contribution in [2.45, 2.75) is 13.1 Å². The highest BCUT2D eigenvalue weighted by atomic mass is 79.9. The zero-order chi connectivity index (χ0) is 21.8. The Kier molecular flexibility index (Phi) is 6.13. The molecule has 31 heavy (non-hydrogen) atoms. The summed E-state index contributed by atoms with van der Waals surface area (Å²) in [5, 5.41) is 14.0. The van der Waals surface area contributed by atoms with Crippen molar-refractivity contribution in [1.29, 1.82) is 0 Å². The van der Waals surface area contributed by atoms with Crippen LogP contribution in [0.4, 0.5) is 5.82 Å². The Balaban J connectivity index is 1.50. The lowest BCUT2D eigenvalue weighted by molar-refractivity contribution is 0.0695. The summed E-state index contributed by atoms with van der Waals surface area (Å²) in [5.74, 6) is -0.0166. The first-order valence-electron chi connectivity index (χ1n) is 9.77. The van der Waals surface area contributed by atoms with Gasteiger partial charge in [-0.3, -0.25) is 4.68 Å². The van der Waals surface area contributed by atoms with Crippen molar-refractivity contribution in [3.63, 3.8) is 0 Å². The van der Waals surface area contributed by atoms with E-state index in [0.29, 0.717) is 12.1 Å². The minimum absolute atomic E-state index is 0.295. The number of aromatic nitrogens is 3. The van der Waals surface area contributed by atoms with Crippen LogP contribution in [-0.2, 0) is 13.1 Å². The molecule has 156 valence electrons. The largest absolute Gasteiger partial charge is 0.478 e. The van der Waals surface area contributed by atoms with Gasteiger partial charge in [0.25, 0.3) is 0 Å². The molecule has 0 saturated carbocycles. The molecule has 7 heteroatoms. The molecule has 0 atom stereocenters. The third kappa shape index (κ3) is 4.83. The summed E-state index contributed by atoms with van der Waals surface area (Å²) in [4.78, 5) is 17.9. The predicted molar refractivity (Wildman–Crippen MR) is 124 cm³/mol. The molecule has 4 aromatic rings. The van der Waals surface area contributed by atoms with Gasteiger partial charge in [0.1, 0.15) is 5.82 Å². The highest BCUT2D eigenvalue weighted by Crippen LogP contribution is 2.27. The second kappa shape index (κ2) is 9.14. The number of carboxylic acids is 1. The highest BCUT2D eigenvalue weighted by molar-refractivity contribution is 9.10. The molecule has 0 amide bonds. The van der Waals surface area contributed by atoms with Crippen molar-refractivity contribution >= 4 is 27.7 Å². The van der Waals surface area contributed by atoms with E-state index in [1.807, 2.05) is 55.7 Å². The number of carboxylic acid groups (broad SMARTS) is 1. The first-order valence-corrected chi connectivity index (χ1v) is 10.6. The average Bonchev–Trinajstić information content (AvgIpc) is 3.24. The Labute approximate surface area is 188 Å². The van der Waals surface area contributed by atoms with Crippen LogP contribution in [0.3, 0.4) is 0 Å². The summed E-state index contributed by atoms with van der Waals surface area (Å²) in [6, 6.07) is 21.0. The maximum absolute atomic E-state index is 11.4. The van der Waals surface area contributed by atoms with Crippen molar-refractivity contribution in [2.24, 2.45) is 0 Å². The Morgan fingerprint density at radius 3 is 2.61 bits per heavy atom. The third-order valence-electron chi connectivity index (χ3n) is 5.02. The molecule has 0 bridgehead atoms. The van der Waals surface area contributed by atoms with E-state index in [1.165, 1.54) is 0 Å². The van der Waals surface area contributed by atoms with Crippen LogP contribution in [0.15, 0.2) is 83.6 Å². The van der Waals surface area contributed by atoms with Gasteiger partial charge in [0.15, 0.2) is 0 Å². The third-order valence-corrected chi connectivity index (χ3v) is 5.76. The predicted octanol–water partition coefficient (Wildman–Crippen LogP) is 5.09. The molecule has 4 rings (SSSR count). The van der Waals surface area contributed by atoms with Crippen LogP contribution >= 0.6 is 15.9 Å². The molecule has 0 aliphatic rings. The van der Waals surface area contributed by atoms with Crippen molar-refractivity contribution in [2.75, 3.05) is 11.9 Å². The van der Waals surface area contributed by atoms with E-state index in [2.05, 4.69) is 43.0 Å². The molecule has 2 aromatic heterocycles. The number of halogens is 1. The molecule has 2 aromatic carbocycles. The topological polar surface area (TPSA) is 71.2 Å². The molecule has 0 aliphatic heterocycles. The maximum atomic E-state index is 11.4. The fourth-order valence-electron chi connectivity index (χ4n) is 3.40. The molecular formula is C24H21BrN4O2. The van der Waals surface area contributed by atoms with Gasteiger partial charge in [0, 0.05) is 36.0 Å². The average molecular weight is 477 g/mol. The van der Waals surface area contributed by atoms with Crippen molar-refractivity contribution in [1.82, 2.24) is 14.8 Å². The Hall–Kier alpha value is -3.45. The number of hydrogen-bond acceptors (Lipinski definition) is 4. The number of aromatic carboxylic acids is 1. The van der Waals surface area contributed by atoms with Gasteiger partial charge in [-0.05, 0) is 41.5 Å². The first kappa shape index (κ1) is 20.8.